The molecule has 0 spiro atoms. The molecule has 2 heterocycles. The molecule has 0 unspecified atom stereocenters. The number of likely N-dealkylation sites (tertiary alicyclic amines) is 1. The summed E-state index contributed by atoms with van der Waals surface area (Å²) < 4.78 is 5.39. The SMILES string of the molecule is COc1ccccc1CN1C(=O)C(c2ccc(Cl)cc2)=C(N2CCCC2)C1=O. The van der Waals surface area contributed by atoms with E-state index in [1.54, 1.807) is 31.4 Å². The maximum atomic E-state index is 13.3. The van der Waals surface area contributed by atoms with Crippen molar-refractivity contribution in [2.24, 2.45) is 0 Å². The number of carbonyl (C=O) groups excluding carboxylic acids is 2. The monoisotopic (exact) mass is 396 g/mol. The zero-order chi connectivity index (χ0) is 19.7. The minimum absolute atomic E-state index is 0.177. The van der Waals surface area contributed by atoms with Gasteiger partial charge in [-0.15, -0.1) is 0 Å². The van der Waals surface area contributed by atoms with Crippen LogP contribution in [0.2, 0.25) is 5.02 Å². The lowest BCUT2D eigenvalue weighted by Crippen LogP contribution is -2.34. The number of halogens is 1. The number of para-hydroxylation sites is 1. The third-order valence-corrected chi connectivity index (χ3v) is 5.47. The second kappa shape index (κ2) is 7.68. The van der Waals surface area contributed by atoms with Gasteiger partial charge in [0.25, 0.3) is 11.8 Å². The molecule has 0 aliphatic carbocycles. The minimum atomic E-state index is -0.278. The fourth-order valence-corrected chi connectivity index (χ4v) is 3.95. The van der Waals surface area contributed by atoms with Crippen molar-refractivity contribution in [1.82, 2.24) is 9.80 Å². The Bertz CT molecular complexity index is 947. The molecule has 0 radical (unpaired) electrons. The van der Waals surface area contributed by atoms with Gasteiger partial charge >= 0.3 is 0 Å². The first-order valence-corrected chi connectivity index (χ1v) is 9.71. The van der Waals surface area contributed by atoms with E-state index in [0.717, 1.165) is 31.5 Å². The molecular weight excluding hydrogens is 376 g/mol. The maximum absolute atomic E-state index is 13.3. The van der Waals surface area contributed by atoms with E-state index in [1.807, 2.05) is 29.2 Å². The molecule has 0 atom stereocenters. The average molecular weight is 397 g/mol. The number of carbonyl (C=O) groups is 2. The molecule has 144 valence electrons. The molecule has 2 aromatic rings. The predicted octanol–water partition coefficient (Wildman–Crippen LogP) is 3.72. The fraction of sp³-hybridized carbons (Fsp3) is 0.273. The molecule has 2 aliphatic rings. The van der Waals surface area contributed by atoms with Gasteiger partial charge in [-0.25, -0.2) is 0 Å². The van der Waals surface area contributed by atoms with Crippen molar-refractivity contribution in [2.45, 2.75) is 19.4 Å². The summed E-state index contributed by atoms with van der Waals surface area (Å²) in [7, 11) is 1.58. The van der Waals surface area contributed by atoms with Crippen LogP contribution in [0.25, 0.3) is 5.57 Å². The molecule has 1 fully saturated rings. The normalized spacial score (nSPS) is 17.1. The number of rotatable bonds is 5. The highest BCUT2D eigenvalue weighted by Gasteiger charge is 2.42. The van der Waals surface area contributed by atoms with Crippen LogP contribution in [0.3, 0.4) is 0 Å². The van der Waals surface area contributed by atoms with Gasteiger partial charge in [0.1, 0.15) is 11.4 Å². The van der Waals surface area contributed by atoms with Crippen LogP contribution in [0.5, 0.6) is 5.75 Å². The summed E-state index contributed by atoms with van der Waals surface area (Å²) in [5, 5.41) is 0.592. The number of methoxy groups -OCH3 is 1. The van der Waals surface area contributed by atoms with Crippen molar-refractivity contribution >= 4 is 29.0 Å². The molecule has 0 saturated carbocycles. The van der Waals surface area contributed by atoms with E-state index >= 15 is 0 Å². The summed E-state index contributed by atoms with van der Waals surface area (Å²) >= 11 is 6.01. The number of nitrogens with zero attached hydrogens (tertiary/aromatic N) is 2. The van der Waals surface area contributed by atoms with Crippen LogP contribution in [0.15, 0.2) is 54.2 Å². The van der Waals surface area contributed by atoms with E-state index in [1.165, 1.54) is 4.90 Å². The topological polar surface area (TPSA) is 49.9 Å². The number of hydrogen-bond acceptors (Lipinski definition) is 4. The number of hydrogen-bond donors (Lipinski definition) is 0. The first-order chi connectivity index (χ1) is 13.6. The highest BCUT2D eigenvalue weighted by Crippen LogP contribution is 2.35. The smallest absolute Gasteiger partial charge is 0.278 e. The van der Waals surface area contributed by atoms with Crippen LogP contribution in [-0.4, -0.2) is 41.8 Å². The molecule has 2 amide bonds. The molecule has 2 aliphatic heterocycles. The lowest BCUT2D eigenvalue weighted by Gasteiger charge is -2.20. The highest BCUT2D eigenvalue weighted by molar-refractivity contribution is 6.36. The summed E-state index contributed by atoms with van der Waals surface area (Å²) in [5.74, 6) is 0.133. The molecule has 6 heteroatoms. The largest absolute Gasteiger partial charge is 0.496 e. The van der Waals surface area contributed by atoms with Gasteiger partial charge in [0.05, 0.1) is 19.2 Å². The Hall–Kier alpha value is -2.79. The van der Waals surface area contributed by atoms with Gasteiger partial charge in [-0.1, -0.05) is 41.9 Å². The van der Waals surface area contributed by atoms with Gasteiger partial charge < -0.3 is 9.64 Å². The fourth-order valence-electron chi connectivity index (χ4n) is 3.82. The quantitative estimate of drug-likeness (QED) is 0.723. The lowest BCUT2D eigenvalue weighted by molar-refractivity contribution is -0.138. The third-order valence-electron chi connectivity index (χ3n) is 5.22. The van der Waals surface area contributed by atoms with Gasteiger partial charge in [-0.3, -0.25) is 14.5 Å². The summed E-state index contributed by atoms with van der Waals surface area (Å²) in [6.07, 6.45) is 2.04. The molecule has 5 nitrogen and oxygen atoms in total. The standard InChI is InChI=1S/C22H21ClN2O3/c1-28-18-7-3-2-6-16(18)14-25-21(26)19(15-8-10-17(23)11-9-15)20(22(25)27)24-12-4-5-13-24/h2-3,6-11H,4-5,12-14H2,1H3. The van der Waals surface area contributed by atoms with Crippen molar-refractivity contribution in [1.29, 1.82) is 0 Å². The van der Waals surface area contributed by atoms with Gasteiger partial charge in [0.15, 0.2) is 0 Å². The van der Waals surface area contributed by atoms with E-state index in [-0.39, 0.29) is 18.4 Å². The number of amides is 2. The third kappa shape index (κ3) is 3.27. The summed E-state index contributed by atoms with van der Waals surface area (Å²) in [6.45, 7) is 1.75. The van der Waals surface area contributed by atoms with Gasteiger partial charge in [-0.05, 0) is 36.6 Å². The molecule has 2 aromatic carbocycles. The van der Waals surface area contributed by atoms with E-state index < -0.39 is 0 Å². The molecular formula is C22H21ClN2O3. The zero-order valence-corrected chi connectivity index (χ0v) is 16.4. The van der Waals surface area contributed by atoms with Crippen LogP contribution < -0.4 is 4.74 Å². The van der Waals surface area contributed by atoms with Crippen LogP contribution in [0.1, 0.15) is 24.0 Å². The van der Waals surface area contributed by atoms with Crippen molar-refractivity contribution in [3.8, 4) is 5.75 Å². The van der Waals surface area contributed by atoms with Crippen molar-refractivity contribution in [2.75, 3.05) is 20.2 Å². The van der Waals surface area contributed by atoms with Crippen LogP contribution in [-0.2, 0) is 16.1 Å². The summed E-state index contributed by atoms with van der Waals surface area (Å²) in [6, 6.07) is 14.5. The molecule has 0 aromatic heterocycles. The predicted molar refractivity (Wildman–Crippen MR) is 108 cm³/mol. The Morgan fingerprint density at radius 1 is 0.964 bits per heavy atom. The van der Waals surface area contributed by atoms with Gasteiger partial charge in [-0.2, -0.15) is 0 Å². The average Bonchev–Trinajstić information content (AvgIpc) is 3.31. The van der Waals surface area contributed by atoms with Gasteiger partial charge in [0.2, 0.25) is 0 Å². The Morgan fingerprint density at radius 2 is 1.64 bits per heavy atom. The van der Waals surface area contributed by atoms with E-state index in [9.17, 15) is 9.59 Å². The number of benzene rings is 2. The molecule has 1 saturated heterocycles. The van der Waals surface area contributed by atoms with Crippen LogP contribution in [0, 0.1) is 0 Å². The van der Waals surface area contributed by atoms with Crippen molar-refractivity contribution in [3.63, 3.8) is 0 Å². The van der Waals surface area contributed by atoms with E-state index in [2.05, 4.69) is 0 Å². The minimum Gasteiger partial charge on any atom is -0.496 e. The second-order valence-corrected chi connectivity index (χ2v) is 7.37. The van der Waals surface area contributed by atoms with Crippen LogP contribution in [0.4, 0.5) is 0 Å². The Balaban J connectivity index is 1.74. The summed E-state index contributed by atoms with van der Waals surface area (Å²) in [4.78, 5) is 30.0. The zero-order valence-electron chi connectivity index (χ0n) is 15.7. The lowest BCUT2D eigenvalue weighted by atomic mass is 10.0. The van der Waals surface area contributed by atoms with Crippen LogP contribution >= 0.6 is 11.6 Å². The highest BCUT2D eigenvalue weighted by atomic mass is 35.5. The number of ether oxygens (including phenoxy) is 1. The van der Waals surface area contributed by atoms with Gasteiger partial charge in [0, 0.05) is 23.7 Å². The Morgan fingerprint density at radius 3 is 2.32 bits per heavy atom. The Kier molecular flexibility index (Phi) is 5.09. The van der Waals surface area contributed by atoms with E-state index in [4.69, 9.17) is 16.3 Å². The first kappa shape index (κ1) is 18.6. The van der Waals surface area contributed by atoms with Crippen molar-refractivity contribution in [3.05, 3.63) is 70.4 Å². The van der Waals surface area contributed by atoms with Crippen molar-refractivity contribution < 1.29 is 14.3 Å². The molecule has 0 N–H and O–H groups in total. The first-order valence-electron chi connectivity index (χ1n) is 9.33. The molecule has 4 rings (SSSR count). The summed E-state index contributed by atoms with van der Waals surface area (Å²) in [5.41, 5.74) is 2.47. The molecule has 0 bridgehead atoms. The molecule has 28 heavy (non-hydrogen) atoms. The number of imide groups is 1. The maximum Gasteiger partial charge on any atom is 0.278 e. The van der Waals surface area contributed by atoms with E-state index in [0.29, 0.717) is 27.6 Å². The second-order valence-electron chi connectivity index (χ2n) is 6.93. The Labute approximate surface area is 169 Å².